The summed E-state index contributed by atoms with van der Waals surface area (Å²) >= 11 is 0. The molecule has 1 amide bonds. The smallest absolute Gasteiger partial charge is 0.332 e. The number of piperidine rings is 1. The van der Waals surface area contributed by atoms with Gasteiger partial charge in [-0.15, -0.1) is 0 Å². The Hall–Kier alpha value is -2.97. The maximum absolute atomic E-state index is 12.9. The molecule has 1 saturated heterocycles. The maximum Gasteiger partial charge on any atom is 0.332 e. The van der Waals surface area contributed by atoms with Crippen LogP contribution in [-0.4, -0.2) is 48.6 Å². The summed E-state index contributed by atoms with van der Waals surface area (Å²) in [5.41, 5.74) is -0.626. The van der Waals surface area contributed by atoms with Crippen molar-refractivity contribution in [2.45, 2.75) is 25.8 Å². The van der Waals surface area contributed by atoms with Gasteiger partial charge in [0.05, 0.1) is 16.9 Å². The van der Waals surface area contributed by atoms with Gasteiger partial charge in [-0.1, -0.05) is 0 Å². The number of aliphatic carboxylic acids is 1. The molecule has 1 N–H and O–H groups in total. The lowest BCUT2D eigenvalue weighted by Crippen LogP contribution is -2.47. The summed E-state index contributed by atoms with van der Waals surface area (Å²) in [6.45, 7) is 1.99. The molecule has 0 aliphatic carbocycles. The Morgan fingerprint density at radius 2 is 1.88 bits per heavy atom. The van der Waals surface area contributed by atoms with Crippen LogP contribution in [0.3, 0.4) is 0 Å². The van der Waals surface area contributed by atoms with E-state index in [1.54, 1.807) is 0 Å². The van der Waals surface area contributed by atoms with Crippen LogP contribution in [-0.2, 0) is 18.9 Å². The van der Waals surface area contributed by atoms with Gasteiger partial charge in [0.15, 0.2) is 0 Å². The van der Waals surface area contributed by atoms with E-state index >= 15 is 0 Å². The van der Waals surface area contributed by atoms with Crippen LogP contribution < -0.4 is 11.2 Å². The Balaban J connectivity index is 2.05. The van der Waals surface area contributed by atoms with Crippen LogP contribution in [0.2, 0.25) is 0 Å². The Kier molecular flexibility index (Phi) is 4.39. The first-order chi connectivity index (χ1) is 12.2. The highest BCUT2D eigenvalue weighted by atomic mass is 16.4. The topological polar surface area (TPSA) is 114 Å². The third kappa shape index (κ3) is 2.79. The van der Waals surface area contributed by atoms with E-state index in [1.807, 2.05) is 6.92 Å². The fraction of sp³-hybridized carbons (Fsp3) is 0.471. The second-order valence-corrected chi connectivity index (χ2v) is 6.72. The van der Waals surface area contributed by atoms with Gasteiger partial charge in [0.25, 0.3) is 11.5 Å². The largest absolute Gasteiger partial charge is 0.481 e. The third-order valence-electron chi connectivity index (χ3n) is 5.03. The first-order valence-corrected chi connectivity index (χ1v) is 8.32. The number of aryl methyl sites for hydroxylation is 1. The number of hydrogen-bond acceptors (Lipinski definition) is 5. The predicted molar refractivity (Wildman–Crippen MR) is 93.1 cm³/mol. The van der Waals surface area contributed by atoms with Crippen LogP contribution in [0, 0.1) is 5.92 Å². The molecule has 0 saturated carbocycles. The molecule has 9 nitrogen and oxygen atoms in total. The van der Waals surface area contributed by atoms with Crippen molar-refractivity contribution in [3.63, 3.8) is 0 Å². The summed E-state index contributed by atoms with van der Waals surface area (Å²) in [6, 6.07) is 1.32. The fourth-order valence-electron chi connectivity index (χ4n) is 3.34. The lowest BCUT2D eigenvalue weighted by Gasteiger charge is -2.36. The van der Waals surface area contributed by atoms with Crippen LogP contribution >= 0.6 is 0 Å². The first-order valence-electron chi connectivity index (χ1n) is 8.32. The van der Waals surface area contributed by atoms with Crippen LogP contribution in [0.5, 0.6) is 0 Å². The van der Waals surface area contributed by atoms with Gasteiger partial charge in [0.1, 0.15) is 5.65 Å². The summed E-state index contributed by atoms with van der Waals surface area (Å²) in [5.74, 6) is -1.89. The van der Waals surface area contributed by atoms with Crippen molar-refractivity contribution in [2.24, 2.45) is 20.0 Å². The lowest BCUT2D eigenvalue weighted by atomic mass is 9.93. The van der Waals surface area contributed by atoms with Crippen molar-refractivity contribution < 1.29 is 14.7 Å². The monoisotopic (exact) mass is 360 g/mol. The third-order valence-corrected chi connectivity index (χ3v) is 5.03. The molecule has 0 radical (unpaired) electrons. The first kappa shape index (κ1) is 17.8. The maximum atomic E-state index is 12.9. The van der Waals surface area contributed by atoms with E-state index in [-0.39, 0.29) is 35.1 Å². The number of hydrogen-bond donors (Lipinski definition) is 1. The number of nitrogens with zero attached hydrogens (tertiary/aromatic N) is 4. The molecule has 3 rings (SSSR count). The van der Waals surface area contributed by atoms with E-state index in [9.17, 15) is 24.3 Å². The fourth-order valence-corrected chi connectivity index (χ4v) is 3.34. The minimum absolute atomic E-state index is 0.100. The van der Waals surface area contributed by atoms with Gasteiger partial charge in [-0.2, -0.15) is 0 Å². The molecule has 2 aromatic rings. The van der Waals surface area contributed by atoms with Crippen molar-refractivity contribution in [3.8, 4) is 0 Å². The Labute approximate surface area is 148 Å². The second kappa shape index (κ2) is 6.40. The van der Waals surface area contributed by atoms with Crippen molar-refractivity contribution in [1.82, 2.24) is 19.0 Å². The van der Waals surface area contributed by atoms with Gasteiger partial charge in [0.2, 0.25) is 0 Å². The van der Waals surface area contributed by atoms with Crippen LogP contribution in [0.15, 0.2) is 21.9 Å². The molecule has 2 aromatic heterocycles. The highest BCUT2D eigenvalue weighted by molar-refractivity contribution is 5.97. The zero-order chi connectivity index (χ0) is 19.2. The molecule has 2 atom stereocenters. The van der Waals surface area contributed by atoms with Crippen molar-refractivity contribution in [2.75, 3.05) is 6.54 Å². The standard InChI is InChI=1S/C17H20N4O5/c1-9-4-5-10(16(24)25)8-21(9)14(22)11-6-12-13(18-7-11)19(2)17(26)20(3)15(12)23/h6-7,9-10H,4-5,8H2,1-3H3,(H,24,25). The molecule has 26 heavy (non-hydrogen) atoms. The Morgan fingerprint density at radius 1 is 1.19 bits per heavy atom. The average molecular weight is 360 g/mol. The Morgan fingerprint density at radius 3 is 2.54 bits per heavy atom. The van der Waals surface area contributed by atoms with Crippen LogP contribution in [0.1, 0.15) is 30.1 Å². The zero-order valence-corrected chi connectivity index (χ0v) is 14.8. The zero-order valence-electron chi connectivity index (χ0n) is 14.8. The van der Waals surface area contributed by atoms with Crippen LogP contribution in [0.25, 0.3) is 11.0 Å². The van der Waals surface area contributed by atoms with Gasteiger partial charge in [-0.25, -0.2) is 9.78 Å². The molecule has 138 valence electrons. The molecule has 1 fully saturated rings. The Bertz CT molecular complexity index is 1020. The summed E-state index contributed by atoms with van der Waals surface area (Å²) < 4.78 is 2.21. The predicted octanol–water partition coefficient (Wildman–Crippen LogP) is -0.0425. The number of pyridine rings is 1. The number of aromatic nitrogens is 3. The molecule has 1 aliphatic heterocycles. The highest BCUT2D eigenvalue weighted by Crippen LogP contribution is 2.24. The molecule has 0 aromatic carbocycles. The quantitative estimate of drug-likeness (QED) is 0.803. The summed E-state index contributed by atoms with van der Waals surface area (Å²) in [6.07, 6.45) is 2.44. The molecular weight excluding hydrogens is 340 g/mol. The molecule has 2 unspecified atom stereocenters. The van der Waals surface area contributed by atoms with Crippen molar-refractivity contribution >= 4 is 22.9 Å². The second-order valence-electron chi connectivity index (χ2n) is 6.72. The van der Waals surface area contributed by atoms with Gasteiger partial charge in [0, 0.05) is 32.9 Å². The molecule has 0 spiro atoms. The summed E-state index contributed by atoms with van der Waals surface area (Å²) in [7, 11) is 2.87. The normalized spacial score (nSPS) is 20.3. The minimum Gasteiger partial charge on any atom is -0.481 e. The number of rotatable bonds is 2. The van der Waals surface area contributed by atoms with E-state index < -0.39 is 23.1 Å². The van der Waals surface area contributed by atoms with E-state index in [2.05, 4.69) is 4.98 Å². The van der Waals surface area contributed by atoms with Gasteiger partial charge >= 0.3 is 11.7 Å². The van der Waals surface area contributed by atoms with Gasteiger partial charge in [-0.3, -0.25) is 23.5 Å². The van der Waals surface area contributed by atoms with Crippen molar-refractivity contribution in [3.05, 3.63) is 38.7 Å². The van der Waals surface area contributed by atoms with Crippen LogP contribution in [0.4, 0.5) is 0 Å². The number of carboxylic acids is 1. The summed E-state index contributed by atoms with van der Waals surface area (Å²) in [5, 5.41) is 9.40. The SMILES string of the molecule is CC1CCC(C(=O)O)CN1C(=O)c1cnc2c(c1)c(=O)n(C)c(=O)n2C. The number of carbonyl (C=O) groups excluding carboxylic acids is 1. The molecule has 3 heterocycles. The average Bonchev–Trinajstić information content (AvgIpc) is 2.63. The van der Waals surface area contributed by atoms with E-state index in [0.29, 0.717) is 12.8 Å². The van der Waals surface area contributed by atoms with E-state index in [4.69, 9.17) is 0 Å². The van der Waals surface area contributed by atoms with Crippen molar-refractivity contribution in [1.29, 1.82) is 0 Å². The molecule has 1 aliphatic rings. The van der Waals surface area contributed by atoms with Gasteiger partial charge < -0.3 is 10.0 Å². The number of likely N-dealkylation sites (tertiary alicyclic amines) is 1. The highest BCUT2D eigenvalue weighted by Gasteiger charge is 2.33. The minimum atomic E-state index is -0.921. The number of fused-ring (bicyclic) bond motifs is 1. The molecular formula is C17H20N4O5. The number of carbonyl (C=O) groups is 2. The number of amides is 1. The summed E-state index contributed by atoms with van der Waals surface area (Å²) in [4.78, 5) is 54.1. The molecule has 9 heteroatoms. The van der Waals surface area contributed by atoms with E-state index in [0.717, 1.165) is 4.57 Å². The van der Waals surface area contributed by atoms with Gasteiger partial charge in [-0.05, 0) is 25.8 Å². The number of carboxylic acid groups (broad SMARTS) is 1. The lowest BCUT2D eigenvalue weighted by molar-refractivity contribution is -0.143. The molecule has 0 bridgehead atoms. The van der Waals surface area contributed by atoms with E-state index in [1.165, 1.54) is 35.8 Å².